The highest BCUT2D eigenvalue weighted by Gasteiger charge is 2.58. The lowest BCUT2D eigenvalue weighted by molar-refractivity contribution is -0.139. The van der Waals surface area contributed by atoms with Crippen LogP contribution < -0.4 is 0 Å². The summed E-state index contributed by atoms with van der Waals surface area (Å²) in [5, 5.41) is 0. The largest absolute Gasteiger partial charge is 0.342 e. The topological polar surface area (TPSA) is 70.8 Å². The molecule has 2 aromatic carbocycles. The highest BCUT2D eigenvalue weighted by Crippen LogP contribution is 2.46. The molecule has 0 bridgehead atoms. The number of amidine groups is 1. The molecule has 9 heteroatoms. The van der Waals surface area contributed by atoms with Crippen molar-refractivity contribution in [3.63, 3.8) is 0 Å². The Labute approximate surface area is 206 Å². The molecular weight excluding hydrogens is 464 g/mol. The van der Waals surface area contributed by atoms with Gasteiger partial charge >= 0.3 is 0 Å². The van der Waals surface area contributed by atoms with E-state index >= 15 is 4.39 Å². The molecule has 0 atom stereocenters. The first kappa shape index (κ1) is 21.6. The Morgan fingerprint density at radius 3 is 2.58 bits per heavy atom. The molecule has 0 N–H and O–H groups in total. The Kier molecular flexibility index (Phi) is 4.48. The summed E-state index contributed by atoms with van der Waals surface area (Å²) < 4.78 is 31.0. The number of amides is 2. The summed E-state index contributed by atoms with van der Waals surface area (Å²) in [7, 11) is 1.77. The second kappa shape index (κ2) is 7.44. The molecular formula is C27H25F2N5O2. The molecule has 4 aliphatic rings. The van der Waals surface area contributed by atoms with Crippen molar-refractivity contribution in [2.24, 2.45) is 23.9 Å². The quantitative estimate of drug-likeness (QED) is 0.551. The molecule has 36 heavy (non-hydrogen) atoms. The normalized spacial score (nSPS) is 20.9. The number of hydrogen-bond acceptors (Lipinski definition) is 4. The molecule has 3 fully saturated rings. The van der Waals surface area contributed by atoms with Crippen LogP contribution in [-0.4, -0.2) is 62.2 Å². The van der Waals surface area contributed by atoms with Gasteiger partial charge in [-0.15, -0.1) is 0 Å². The van der Waals surface area contributed by atoms with Gasteiger partial charge in [0.25, 0.3) is 5.91 Å². The summed E-state index contributed by atoms with van der Waals surface area (Å²) in [6, 6.07) is 9.17. The molecule has 2 aliphatic heterocycles. The average Bonchev–Trinajstić information content (AvgIpc) is 3.75. The Hall–Kier alpha value is -3.62. The molecule has 2 amide bonds. The summed E-state index contributed by atoms with van der Waals surface area (Å²) in [6.07, 6.45) is 3.31. The number of benzene rings is 2. The van der Waals surface area contributed by atoms with Crippen molar-refractivity contribution in [3.05, 3.63) is 53.6 Å². The predicted molar refractivity (Wildman–Crippen MR) is 129 cm³/mol. The Bertz CT molecular complexity index is 1480. The average molecular weight is 490 g/mol. The Balaban J connectivity index is 1.16. The molecule has 2 saturated carbocycles. The van der Waals surface area contributed by atoms with Crippen LogP contribution in [0.15, 0.2) is 41.4 Å². The van der Waals surface area contributed by atoms with E-state index in [1.54, 1.807) is 34.7 Å². The van der Waals surface area contributed by atoms with Crippen LogP contribution in [0.4, 0.5) is 8.78 Å². The minimum atomic E-state index is -0.741. The molecule has 7 rings (SSSR count). The van der Waals surface area contributed by atoms with Crippen LogP contribution >= 0.6 is 0 Å². The number of halogens is 2. The lowest BCUT2D eigenvalue weighted by Gasteiger charge is -2.41. The molecule has 184 valence electrons. The fraction of sp³-hybridized carbons (Fsp3) is 0.407. The van der Waals surface area contributed by atoms with E-state index in [1.807, 2.05) is 4.90 Å². The third-order valence-electron chi connectivity index (χ3n) is 7.89. The monoisotopic (exact) mass is 489 g/mol. The summed E-state index contributed by atoms with van der Waals surface area (Å²) in [4.78, 5) is 38.2. The number of carbonyl (C=O) groups excluding carboxylic acids is 2. The van der Waals surface area contributed by atoms with E-state index < -0.39 is 11.4 Å². The maximum absolute atomic E-state index is 15.5. The summed E-state index contributed by atoms with van der Waals surface area (Å²) in [5.74, 6) is 0.564. The zero-order chi connectivity index (χ0) is 24.8. The van der Waals surface area contributed by atoms with Crippen molar-refractivity contribution in [1.29, 1.82) is 0 Å². The van der Waals surface area contributed by atoms with E-state index in [0.29, 0.717) is 60.7 Å². The van der Waals surface area contributed by atoms with Crippen molar-refractivity contribution < 1.29 is 18.4 Å². The highest BCUT2D eigenvalue weighted by molar-refractivity contribution is 6.16. The molecule has 7 nitrogen and oxygen atoms in total. The van der Waals surface area contributed by atoms with Gasteiger partial charge in [0.15, 0.2) is 0 Å². The number of likely N-dealkylation sites (tertiary alicyclic amines) is 1. The van der Waals surface area contributed by atoms with E-state index in [9.17, 15) is 14.0 Å². The standard InChI is InChI=1S/C27H25F2N5O2/c1-32-22-11-18(28)5-7-21(22)30-23(32)17-4-6-19(20(29)10-17)24-31-27(8-9-27)26(36)34(24)14-15-12-33(13-15)25(35)16-2-3-16/h4-7,10-11,15-16H,2-3,8-9,12-14H2,1H3. The highest BCUT2D eigenvalue weighted by atomic mass is 19.1. The van der Waals surface area contributed by atoms with Gasteiger partial charge < -0.3 is 9.47 Å². The number of fused-ring (bicyclic) bond motifs is 1. The molecule has 0 unspecified atom stereocenters. The van der Waals surface area contributed by atoms with Gasteiger partial charge in [0, 0.05) is 44.1 Å². The van der Waals surface area contributed by atoms with Gasteiger partial charge in [-0.25, -0.2) is 13.8 Å². The van der Waals surface area contributed by atoms with Crippen LogP contribution in [0.1, 0.15) is 31.2 Å². The van der Waals surface area contributed by atoms with Crippen LogP contribution in [0.2, 0.25) is 0 Å². The lowest BCUT2D eigenvalue weighted by Crippen LogP contribution is -2.55. The zero-order valence-corrected chi connectivity index (χ0v) is 19.9. The van der Waals surface area contributed by atoms with Crippen LogP contribution in [0, 0.1) is 23.5 Å². The first-order valence-corrected chi connectivity index (χ1v) is 12.5. The van der Waals surface area contributed by atoms with Crippen LogP contribution in [0.25, 0.3) is 22.4 Å². The van der Waals surface area contributed by atoms with Crippen LogP contribution in [0.5, 0.6) is 0 Å². The van der Waals surface area contributed by atoms with Crippen molar-refractivity contribution >= 4 is 28.7 Å². The van der Waals surface area contributed by atoms with Gasteiger partial charge in [0.1, 0.15) is 28.8 Å². The van der Waals surface area contributed by atoms with Crippen molar-refractivity contribution in [2.45, 2.75) is 31.2 Å². The maximum atomic E-state index is 15.5. The molecule has 3 heterocycles. The third-order valence-corrected chi connectivity index (χ3v) is 7.89. The molecule has 3 aromatic rings. The number of aromatic nitrogens is 2. The van der Waals surface area contributed by atoms with Crippen molar-refractivity contribution in [1.82, 2.24) is 19.4 Å². The molecule has 0 radical (unpaired) electrons. The van der Waals surface area contributed by atoms with Gasteiger partial charge in [-0.05, 0) is 56.0 Å². The van der Waals surface area contributed by atoms with Gasteiger partial charge in [-0.1, -0.05) is 6.07 Å². The third kappa shape index (κ3) is 3.28. The molecule has 1 saturated heterocycles. The number of hydrogen-bond donors (Lipinski definition) is 0. The minimum Gasteiger partial charge on any atom is -0.342 e. The number of aryl methyl sites for hydroxylation is 1. The van der Waals surface area contributed by atoms with E-state index in [0.717, 1.165) is 12.8 Å². The number of carbonyl (C=O) groups is 2. The molecule has 2 aliphatic carbocycles. The van der Waals surface area contributed by atoms with Gasteiger partial charge in [-0.3, -0.25) is 19.5 Å². The molecule has 1 spiro atoms. The number of rotatable bonds is 5. The van der Waals surface area contributed by atoms with Crippen molar-refractivity contribution in [3.8, 4) is 11.4 Å². The number of nitrogens with zero attached hydrogens (tertiary/aromatic N) is 5. The van der Waals surface area contributed by atoms with E-state index in [2.05, 4.69) is 4.98 Å². The maximum Gasteiger partial charge on any atom is 0.256 e. The number of imidazole rings is 1. The Morgan fingerprint density at radius 2 is 1.89 bits per heavy atom. The van der Waals surface area contributed by atoms with Crippen LogP contribution in [0.3, 0.4) is 0 Å². The fourth-order valence-corrected chi connectivity index (χ4v) is 5.45. The lowest BCUT2D eigenvalue weighted by atomic mass is 9.98. The Morgan fingerprint density at radius 1 is 1.11 bits per heavy atom. The van der Waals surface area contributed by atoms with Gasteiger partial charge in [0.05, 0.1) is 16.6 Å². The second-order valence-electron chi connectivity index (χ2n) is 10.6. The van der Waals surface area contributed by atoms with E-state index in [4.69, 9.17) is 4.99 Å². The first-order valence-electron chi connectivity index (χ1n) is 12.5. The van der Waals surface area contributed by atoms with E-state index in [-0.39, 0.29) is 35.0 Å². The minimum absolute atomic E-state index is 0.0645. The number of aliphatic imine (C=N–C) groups is 1. The van der Waals surface area contributed by atoms with Crippen molar-refractivity contribution in [2.75, 3.05) is 19.6 Å². The molecule has 1 aromatic heterocycles. The second-order valence-corrected chi connectivity index (χ2v) is 10.6. The first-order chi connectivity index (χ1) is 17.3. The van der Waals surface area contributed by atoms with Gasteiger partial charge in [0.2, 0.25) is 5.91 Å². The van der Waals surface area contributed by atoms with Crippen LogP contribution in [-0.2, 0) is 16.6 Å². The smallest absolute Gasteiger partial charge is 0.256 e. The summed E-state index contributed by atoms with van der Waals surface area (Å²) >= 11 is 0. The van der Waals surface area contributed by atoms with Gasteiger partial charge in [-0.2, -0.15) is 0 Å². The SMILES string of the molecule is Cn1c(-c2ccc(C3=NC4(CC4)C(=O)N3CC3CN(C(=O)C4CC4)C3)c(F)c2)nc2ccc(F)cc21. The summed E-state index contributed by atoms with van der Waals surface area (Å²) in [5.41, 5.74) is 1.35. The zero-order valence-electron chi connectivity index (χ0n) is 19.9. The predicted octanol–water partition coefficient (Wildman–Crippen LogP) is 3.51. The fourth-order valence-electron chi connectivity index (χ4n) is 5.45. The van der Waals surface area contributed by atoms with E-state index in [1.165, 1.54) is 18.2 Å². The summed E-state index contributed by atoms with van der Waals surface area (Å²) in [6.45, 7) is 1.70.